The monoisotopic (exact) mass is 598 g/mol. The van der Waals surface area contributed by atoms with E-state index in [0.717, 1.165) is 34.4 Å². The van der Waals surface area contributed by atoms with E-state index in [1.165, 1.54) is 23.6 Å². The molecule has 1 aliphatic carbocycles. The van der Waals surface area contributed by atoms with Crippen LogP contribution in [0.2, 0.25) is 18.1 Å². The van der Waals surface area contributed by atoms with Crippen LogP contribution in [-0.4, -0.2) is 28.0 Å². The van der Waals surface area contributed by atoms with Crippen LogP contribution in [-0.2, 0) is 24.9 Å². The highest BCUT2D eigenvalue weighted by Crippen LogP contribution is 2.60. The average Bonchev–Trinajstić information content (AvgIpc) is 3.41. The first-order valence-electron chi connectivity index (χ1n) is 14.9. The minimum atomic E-state index is -3.25. The van der Waals surface area contributed by atoms with Crippen LogP contribution in [0.3, 0.4) is 0 Å². The lowest BCUT2D eigenvalue weighted by Crippen LogP contribution is -2.42. The predicted octanol–water partition coefficient (Wildman–Crippen LogP) is 8.51. The fourth-order valence-corrected chi connectivity index (χ4v) is 10.4. The highest BCUT2D eigenvalue weighted by molar-refractivity contribution is 7.79. The van der Waals surface area contributed by atoms with Crippen molar-refractivity contribution >= 4 is 42.8 Å². The average molecular weight is 599 g/mol. The molecule has 0 heterocycles. The van der Waals surface area contributed by atoms with Crippen molar-refractivity contribution in [3.63, 3.8) is 0 Å². The molecule has 2 unspecified atom stereocenters. The maximum absolute atomic E-state index is 16.0. The molecule has 0 amide bonds. The molecule has 0 radical (unpaired) electrons. The van der Waals surface area contributed by atoms with E-state index in [4.69, 9.17) is 9.16 Å². The molecular formula is C36H43O4PSi. The van der Waals surface area contributed by atoms with Crippen molar-refractivity contribution in [2.45, 2.75) is 69.7 Å². The van der Waals surface area contributed by atoms with Gasteiger partial charge in [0.25, 0.3) is 0 Å². The van der Waals surface area contributed by atoms with Crippen molar-refractivity contribution in [2.24, 2.45) is 0 Å². The number of rotatable bonds is 9. The minimum Gasteiger partial charge on any atom is -0.469 e. The summed E-state index contributed by atoms with van der Waals surface area (Å²) in [5.74, 6) is -0.133. The molecule has 0 bridgehead atoms. The Hall–Kier alpha value is -2.98. The van der Waals surface area contributed by atoms with Crippen molar-refractivity contribution in [1.29, 1.82) is 0 Å². The Morgan fingerprint density at radius 1 is 0.929 bits per heavy atom. The first kappa shape index (κ1) is 30.5. The second-order valence-electron chi connectivity index (χ2n) is 13.0. The van der Waals surface area contributed by atoms with Gasteiger partial charge in [0.05, 0.1) is 19.2 Å². The van der Waals surface area contributed by atoms with Gasteiger partial charge in [-0.3, -0.25) is 4.79 Å². The van der Waals surface area contributed by atoms with Crippen molar-refractivity contribution in [2.75, 3.05) is 13.7 Å². The molecule has 0 aliphatic heterocycles. The first-order valence-corrected chi connectivity index (χ1v) is 19.6. The molecular weight excluding hydrogens is 555 g/mol. The highest BCUT2D eigenvalue weighted by atomic mass is 31.2. The predicted molar refractivity (Wildman–Crippen MR) is 177 cm³/mol. The molecule has 0 spiro atoms. The van der Waals surface area contributed by atoms with Crippen LogP contribution in [0.25, 0.3) is 10.8 Å². The topological polar surface area (TPSA) is 52.6 Å². The highest BCUT2D eigenvalue weighted by Gasteiger charge is 2.44. The summed E-state index contributed by atoms with van der Waals surface area (Å²) < 4.78 is 28.1. The van der Waals surface area contributed by atoms with Gasteiger partial charge in [0.15, 0.2) is 15.5 Å². The van der Waals surface area contributed by atoms with Crippen molar-refractivity contribution in [3.05, 3.63) is 108 Å². The Morgan fingerprint density at radius 3 is 2.07 bits per heavy atom. The Kier molecular flexibility index (Phi) is 8.67. The maximum Gasteiger partial charge on any atom is 0.306 e. The summed E-state index contributed by atoms with van der Waals surface area (Å²) in [6, 6.07) is 30.6. The second-order valence-corrected chi connectivity index (χ2v) is 20.8. The van der Waals surface area contributed by atoms with Crippen LogP contribution in [0.5, 0.6) is 0 Å². The third-order valence-corrected chi connectivity index (χ3v) is 17.4. The number of carbonyl (C=O) groups excluding carboxylic acids is 1. The molecule has 1 aliphatic rings. The van der Waals surface area contributed by atoms with Gasteiger partial charge >= 0.3 is 5.97 Å². The summed E-state index contributed by atoms with van der Waals surface area (Å²) in [7, 11) is -3.98. The van der Waals surface area contributed by atoms with Gasteiger partial charge < -0.3 is 13.7 Å². The number of hydrogen-bond acceptors (Lipinski definition) is 4. The number of fused-ring (bicyclic) bond motifs is 3. The van der Waals surface area contributed by atoms with Gasteiger partial charge in [-0.1, -0.05) is 106 Å². The molecule has 4 nitrogen and oxygen atoms in total. The molecule has 6 heteroatoms. The second kappa shape index (κ2) is 12.0. The summed E-state index contributed by atoms with van der Waals surface area (Å²) in [5, 5.41) is 3.96. The summed E-state index contributed by atoms with van der Waals surface area (Å²) in [4.78, 5) is 12.5. The van der Waals surface area contributed by atoms with Crippen LogP contribution in [0.1, 0.15) is 61.9 Å². The number of methoxy groups -OCH3 is 1. The van der Waals surface area contributed by atoms with Crippen molar-refractivity contribution < 1.29 is 18.5 Å². The summed E-state index contributed by atoms with van der Waals surface area (Å²) >= 11 is 0. The van der Waals surface area contributed by atoms with E-state index >= 15 is 4.57 Å². The Morgan fingerprint density at radius 2 is 1.50 bits per heavy atom. The molecule has 42 heavy (non-hydrogen) atoms. The molecule has 220 valence electrons. The van der Waals surface area contributed by atoms with Gasteiger partial charge in [-0.25, -0.2) is 0 Å². The lowest BCUT2D eigenvalue weighted by atomic mass is 9.89. The van der Waals surface area contributed by atoms with E-state index in [2.05, 4.69) is 64.2 Å². The lowest BCUT2D eigenvalue weighted by Gasteiger charge is -2.39. The van der Waals surface area contributed by atoms with E-state index in [0.29, 0.717) is 13.0 Å². The van der Waals surface area contributed by atoms with Crippen LogP contribution in [0, 0.1) is 0 Å². The van der Waals surface area contributed by atoms with Crippen LogP contribution in [0.15, 0.2) is 91.0 Å². The van der Waals surface area contributed by atoms with E-state index in [1.54, 1.807) is 0 Å². The van der Waals surface area contributed by atoms with E-state index in [9.17, 15) is 4.79 Å². The molecule has 0 saturated heterocycles. The number of hydrogen-bond donors (Lipinski definition) is 0. The fraction of sp³-hybridized carbons (Fsp3) is 0.361. The van der Waals surface area contributed by atoms with Crippen LogP contribution < -0.4 is 10.6 Å². The zero-order valence-corrected chi connectivity index (χ0v) is 27.6. The molecule has 0 fully saturated rings. The first-order chi connectivity index (χ1) is 20.0. The lowest BCUT2D eigenvalue weighted by molar-refractivity contribution is -0.141. The molecule has 4 aromatic rings. The Labute approximate surface area is 252 Å². The van der Waals surface area contributed by atoms with Gasteiger partial charge in [-0.2, -0.15) is 0 Å². The summed E-state index contributed by atoms with van der Waals surface area (Å²) in [6.45, 7) is 11.6. The van der Waals surface area contributed by atoms with E-state index in [1.807, 2.05) is 60.7 Å². The minimum absolute atomic E-state index is 0.0119. The molecule has 0 N–H and O–H groups in total. The smallest absolute Gasteiger partial charge is 0.306 e. The fourth-order valence-electron chi connectivity index (χ4n) is 6.14. The van der Waals surface area contributed by atoms with Gasteiger partial charge in [0.1, 0.15) is 0 Å². The summed E-state index contributed by atoms with van der Waals surface area (Å²) in [5.41, 5.74) is 3.13. The Bertz CT molecular complexity index is 1570. The van der Waals surface area contributed by atoms with Crippen LogP contribution >= 0.6 is 7.14 Å². The zero-order valence-electron chi connectivity index (χ0n) is 25.7. The normalized spacial score (nSPS) is 16.3. The Balaban J connectivity index is 1.78. The molecule has 4 aromatic carbocycles. The van der Waals surface area contributed by atoms with Gasteiger partial charge in [0.2, 0.25) is 0 Å². The third kappa shape index (κ3) is 5.67. The third-order valence-electron chi connectivity index (χ3n) is 9.51. The van der Waals surface area contributed by atoms with Gasteiger partial charge in [0, 0.05) is 17.2 Å². The van der Waals surface area contributed by atoms with Crippen LogP contribution in [0.4, 0.5) is 0 Å². The van der Waals surface area contributed by atoms with Crippen molar-refractivity contribution in [3.8, 4) is 0 Å². The molecule has 0 aromatic heterocycles. The van der Waals surface area contributed by atoms with Crippen molar-refractivity contribution in [1.82, 2.24) is 0 Å². The standard InChI is InChI=1S/C36H43O4PSi/c1-36(2,3)42(5,6)40-25-33(41(38,28-16-9-7-10-17-28)29-18-11-8-12-19-29)32-23-26-15-13-14-20-30(26)35-27(21-22-31(32)35)24-34(37)39-4/h7-20,23,27,33H,21-22,24-25H2,1-6H3. The number of esters is 1. The summed E-state index contributed by atoms with van der Waals surface area (Å²) in [6.07, 6.45) is 2.04. The van der Waals surface area contributed by atoms with E-state index < -0.39 is 15.5 Å². The molecule has 0 saturated carbocycles. The van der Waals surface area contributed by atoms with E-state index in [-0.39, 0.29) is 22.6 Å². The largest absolute Gasteiger partial charge is 0.469 e. The van der Waals surface area contributed by atoms with Gasteiger partial charge in [-0.05, 0) is 70.4 Å². The molecule has 2 atom stereocenters. The number of carbonyl (C=O) groups is 1. The number of benzene rings is 4. The zero-order chi connectivity index (χ0) is 30.1. The quantitative estimate of drug-likeness (QED) is 0.110. The SMILES string of the molecule is COC(=O)CC1CCc2c(C(CO[Si](C)(C)C(C)(C)C)P(=O)(c3ccccc3)c3ccccc3)cc3ccccc3c21. The maximum atomic E-state index is 16.0. The number of ether oxygens (including phenoxy) is 1. The molecule has 5 rings (SSSR count). The van der Waals surface area contributed by atoms with Gasteiger partial charge in [-0.15, -0.1) is 0 Å².